The molecule has 2 aliphatic rings. The van der Waals surface area contributed by atoms with Crippen molar-refractivity contribution >= 4 is 18.2 Å². The smallest absolute Gasteiger partial charge is 0.410 e. The average molecular weight is 467 g/mol. The van der Waals surface area contributed by atoms with Crippen LogP contribution in [0.3, 0.4) is 0 Å². The van der Waals surface area contributed by atoms with E-state index in [0.717, 1.165) is 22.3 Å². The molecule has 0 radical (unpaired) electrons. The van der Waals surface area contributed by atoms with E-state index in [4.69, 9.17) is 9.47 Å². The molecule has 2 atom stereocenters. The van der Waals surface area contributed by atoms with Crippen LogP contribution in [0.15, 0.2) is 48.5 Å². The number of ether oxygens (including phenoxy) is 2. The van der Waals surface area contributed by atoms with Crippen molar-refractivity contribution in [3.63, 3.8) is 0 Å². The predicted octanol–water partition coefficient (Wildman–Crippen LogP) is 4.24. The molecule has 4 rings (SSSR count). The van der Waals surface area contributed by atoms with Crippen molar-refractivity contribution in [1.29, 1.82) is 0 Å². The Labute approximate surface area is 198 Å². The van der Waals surface area contributed by atoms with Crippen molar-refractivity contribution in [1.82, 2.24) is 10.2 Å². The molecule has 2 aromatic carbocycles. The fourth-order valence-electron chi connectivity index (χ4n) is 4.71. The fraction of sp³-hybridized carbons (Fsp3) is 0.423. The molecule has 0 aromatic heterocycles. The number of fused-ring (bicyclic) bond motifs is 3. The molecule has 1 unspecified atom stereocenters. The van der Waals surface area contributed by atoms with E-state index in [9.17, 15) is 19.5 Å². The van der Waals surface area contributed by atoms with Gasteiger partial charge in [0.1, 0.15) is 17.7 Å². The summed E-state index contributed by atoms with van der Waals surface area (Å²) < 4.78 is 10.9. The zero-order chi connectivity index (χ0) is 24.7. The lowest BCUT2D eigenvalue weighted by molar-refractivity contribution is -0.165. The van der Waals surface area contributed by atoms with Crippen molar-refractivity contribution in [2.24, 2.45) is 5.92 Å². The number of hydrogen-bond acceptors (Lipinski definition) is 5. The van der Waals surface area contributed by atoms with Crippen LogP contribution in [0.5, 0.6) is 0 Å². The number of benzene rings is 2. The van der Waals surface area contributed by atoms with Crippen molar-refractivity contribution in [2.45, 2.75) is 44.8 Å². The lowest BCUT2D eigenvalue weighted by Crippen LogP contribution is -2.73. The molecule has 1 fully saturated rings. The molecule has 2 amide bonds. The second-order valence-electron chi connectivity index (χ2n) is 9.95. The number of likely N-dealkylation sites (tertiary alicyclic amines) is 1. The van der Waals surface area contributed by atoms with E-state index in [-0.39, 0.29) is 25.6 Å². The van der Waals surface area contributed by atoms with Gasteiger partial charge >= 0.3 is 18.2 Å². The SMILES string of the molecule is CC(C)(C)OC(=O)NCC1CN(C(=O)OCC2c3ccccc3-c3ccccc32)[C@@]1(C)C(=O)O. The Balaban J connectivity index is 1.41. The van der Waals surface area contributed by atoms with Gasteiger partial charge < -0.3 is 19.9 Å². The molecule has 1 saturated heterocycles. The topological polar surface area (TPSA) is 105 Å². The molecule has 8 heteroatoms. The number of carboxylic acids is 1. The monoisotopic (exact) mass is 466 g/mol. The fourth-order valence-corrected chi connectivity index (χ4v) is 4.71. The van der Waals surface area contributed by atoms with Crippen LogP contribution in [-0.4, -0.2) is 59.0 Å². The highest BCUT2D eigenvalue weighted by atomic mass is 16.6. The van der Waals surface area contributed by atoms with Crippen LogP contribution in [0.4, 0.5) is 9.59 Å². The van der Waals surface area contributed by atoms with Gasteiger partial charge in [0.25, 0.3) is 0 Å². The number of alkyl carbamates (subject to hydrolysis) is 1. The molecule has 1 aliphatic carbocycles. The number of nitrogens with one attached hydrogen (secondary N) is 1. The molecule has 0 saturated carbocycles. The van der Waals surface area contributed by atoms with Gasteiger partial charge in [0, 0.05) is 24.9 Å². The minimum Gasteiger partial charge on any atom is -0.479 e. The van der Waals surface area contributed by atoms with Gasteiger partial charge in [-0.3, -0.25) is 4.90 Å². The Morgan fingerprint density at radius 3 is 2.15 bits per heavy atom. The highest BCUT2D eigenvalue weighted by molar-refractivity contribution is 5.87. The number of hydrogen-bond donors (Lipinski definition) is 2. The zero-order valence-electron chi connectivity index (χ0n) is 19.8. The highest BCUT2D eigenvalue weighted by Crippen LogP contribution is 2.45. The Hall–Kier alpha value is -3.55. The van der Waals surface area contributed by atoms with Gasteiger partial charge in [-0.05, 0) is 49.9 Å². The number of aliphatic carboxylic acids is 1. The number of carbonyl (C=O) groups excluding carboxylic acids is 2. The third-order valence-electron chi connectivity index (χ3n) is 6.64. The summed E-state index contributed by atoms with van der Waals surface area (Å²) in [5, 5.41) is 12.5. The standard InChI is InChI=1S/C26H30N2O6/c1-25(2,3)34-23(31)27-13-16-14-28(26(16,4)22(29)30)24(32)33-15-21-19-11-7-5-9-17(19)18-10-6-8-12-20(18)21/h5-12,16,21H,13-15H2,1-4H3,(H,27,31)(H,29,30)/t16?,26-/m1/s1. The first-order chi connectivity index (χ1) is 16.0. The molecule has 180 valence electrons. The molecule has 0 spiro atoms. The highest BCUT2D eigenvalue weighted by Gasteiger charge is 2.58. The van der Waals surface area contributed by atoms with Gasteiger partial charge in [-0.15, -0.1) is 0 Å². The van der Waals surface area contributed by atoms with E-state index in [1.807, 2.05) is 36.4 Å². The summed E-state index contributed by atoms with van der Waals surface area (Å²) in [6.45, 7) is 7.06. The zero-order valence-corrected chi connectivity index (χ0v) is 19.8. The minimum atomic E-state index is -1.49. The molecule has 1 aliphatic heterocycles. The Bertz CT molecular complexity index is 1080. The van der Waals surface area contributed by atoms with Gasteiger partial charge in [-0.2, -0.15) is 0 Å². The first-order valence-corrected chi connectivity index (χ1v) is 11.3. The summed E-state index contributed by atoms with van der Waals surface area (Å²) in [4.78, 5) is 38.2. The summed E-state index contributed by atoms with van der Waals surface area (Å²) in [5.74, 6) is -1.74. The van der Waals surface area contributed by atoms with Gasteiger partial charge in [0.05, 0.1) is 0 Å². The van der Waals surface area contributed by atoms with Gasteiger partial charge in [-0.1, -0.05) is 48.5 Å². The van der Waals surface area contributed by atoms with Crippen LogP contribution in [0, 0.1) is 5.92 Å². The quantitative estimate of drug-likeness (QED) is 0.683. The Kier molecular flexibility index (Phi) is 6.02. The van der Waals surface area contributed by atoms with Gasteiger partial charge in [0.15, 0.2) is 0 Å². The summed E-state index contributed by atoms with van der Waals surface area (Å²) in [6.07, 6.45) is -1.31. The van der Waals surface area contributed by atoms with Crippen molar-refractivity contribution < 1.29 is 29.0 Å². The summed E-state index contributed by atoms with van der Waals surface area (Å²) in [5.41, 5.74) is 2.25. The lowest BCUT2D eigenvalue weighted by Gasteiger charge is -2.52. The largest absolute Gasteiger partial charge is 0.479 e. The van der Waals surface area contributed by atoms with Crippen LogP contribution >= 0.6 is 0 Å². The van der Waals surface area contributed by atoms with E-state index >= 15 is 0 Å². The van der Waals surface area contributed by atoms with Crippen LogP contribution in [0.25, 0.3) is 11.1 Å². The normalized spacial score (nSPS) is 21.2. The molecule has 2 aromatic rings. The Morgan fingerprint density at radius 1 is 1.06 bits per heavy atom. The van der Waals surface area contributed by atoms with Gasteiger partial charge in [0.2, 0.25) is 0 Å². The number of nitrogens with zero attached hydrogens (tertiary/aromatic N) is 1. The van der Waals surface area contributed by atoms with Crippen molar-refractivity contribution in [2.75, 3.05) is 19.7 Å². The number of rotatable bonds is 5. The second kappa shape index (κ2) is 8.66. The maximum absolute atomic E-state index is 12.9. The molecule has 34 heavy (non-hydrogen) atoms. The van der Waals surface area contributed by atoms with Crippen LogP contribution < -0.4 is 5.32 Å². The Morgan fingerprint density at radius 2 is 1.62 bits per heavy atom. The molecule has 2 N–H and O–H groups in total. The van der Waals surface area contributed by atoms with E-state index in [1.54, 1.807) is 20.8 Å². The predicted molar refractivity (Wildman–Crippen MR) is 126 cm³/mol. The summed E-state index contributed by atoms with van der Waals surface area (Å²) >= 11 is 0. The first kappa shape index (κ1) is 23.6. The molecule has 8 nitrogen and oxygen atoms in total. The third-order valence-corrected chi connectivity index (χ3v) is 6.64. The van der Waals surface area contributed by atoms with E-state index in [1.165, 1.54) is 11.8 Å². The minimum absolute atomic E-state index is 0.0743. The molecule has 0 bridgehead atoms. The van der Waals surface area contributed by atoms with Gasteiger partial charge in [-0.25, -0.2) is 14.4 Å². The molecule has 1 heterocycles. The number of amides is 2. The van der Waals surface area contributed by atoms with E-state index in [2.05, 4.69) is 17.4 Å². The van der Waals surface area contributed by atoms with Crippen molar-refractivity contribution in [3.05, 3.63) is 59.7 Å². The third kappa shape index (κ3) is 4.20. The number of carbonyl (C=O) groups is 3. The molecular weight excluding hydrogens is 436 g/mol. The lowest BCUT2D eigenvalue weighted by atomic mass is 9.75. The first-order valence-electron chi connectivity index (χ1n) is 11.3. The molecular formula is C26H30N2O6. The number of carboxylic acid groups (broad SMARTS) is 1. The van der Waals surface area contributed by atoms with Crippen molar-refractivity contribution in [3.8, 4) is 11.1 Å². The van der Waals surface area contributed by atoms with Crippen LogP contribution in [0.2, 0.25) is 0 Å². The maximum atomic E-state index is 12.9. The maximum Gasteiger partial charge on any atom is 0.410 e. The van der Waals surface area contributed by atoms with Crippen LogP contribution in [-0.2, 0) is 14.3 Å². The summed E-state index contributed by atoms with van der Waals surface area (Å²) in [7, 11) is 0. The van der Waals surface area contributed by atoms with E-state index < -0.39 is 35.2 Å². The van der Waals surface area contributed by atoms with E-state index in [0.29, 0.717) is 0 Å². The average Bonchev–Trinajstić information content (AvgIpc) is 3.08. The van der Waals surface area contributed by atoms with Crippen LogP contribution in [0.1, 0.15) is 44.7 Å². The summed E-state index contributed by atoms with van der Waals surface area (Å²) in [6, 6.07) is 16.0. The second-order valence-corrected chi connectivity index (χ2v) is 9.95.